The number of unbranched alkanes of at least 4 members (excludes halogenated alkanes) is 2. The van der Waals surface area contributed by atoms with Gasteiger partial charge in [-0.2, -0.15) is 0 Å². The number of amides is 2. The molecule has 0 saturated carbocycles. The van der Waals surface area contributed by atoms with Gasteiger partial charge in [0.2, 0.25) is 5.76 Å². The number of rotatable bonds is 19. The van der Waals surface area contributed by atoms with Gasteiger partial charge in [-0.3, -0.25) is 14.4 Å². The summed E-state index contributed by atoms with van der Waals surface area (Å²) in [6.45, 7) is 9.95. The monoisotopic (exact) mass is 714 g/mol. The minimum atomic E-state index is -1.34. The molecule has 5 rings (SSSR count). The van der Waals surface area contributed by atoms with Crippen molar-refractivity contribution < 1.29 is 29.0 Å². The Bertz CT molecular complexity index is 1780. The van der Waals surface area contributed by atoms with Crippen LogP contribution in [0.5, 0.6) is 0 Å². The first kappa shape index (κ1) is 37.0. The standard InChI is InChI=1S/C40H46N2O6S2/c1-5-9-12-26(7-3)23-41-36(32-14-11-21-49-32)34-35(39(41)45)37(42(38(34)44)24-27(8-4)13-10-6-2)33-20-19-31(50-33)29-17-15-28(16-18-29)22-30(40(46)47)48-25-43/h11,14-22,25-27H,5-10,12-13,23-24H2,1-4H3,(H,46,47). The van der Waals surface area contributed by atoms with Crippen molar-refractivity contribution in [1.29, 1.82) is 0 Å². The van der Waals surface area contributed by atoms with Crippen LogP contribution in [-0.2, 0) is 23.9 Å². The highest BCUT2D eigenvalue weighted by molar-refractivity contribution is 7.16. The predicted molar refractivity (Wildman–Crippen MR) is 201 cm³/mol. The summed E-state index contributed by atoms with van der Waals surface area (Å²) < 4.78 is 4.60. The van der Waals surface area contributed by atoms with Gasteiger partial charge in [-0.1, -0.05) is 96.6 Å². The zero-order valence-electron chi connectivity index (χ0n) is 29.3. The average Bonchev–Trinajstić information content (AvgIpc) is 3.92. The molecule has 0 spiro atoms. The molecule has 2 aromatic heterocycles. The first-order valence-electron chi connectivity index (χ1n) is 17.7. The molecule has 0 fully saturated rings. The average molecular weight is 715 g/mol. The zero-order valence-corrected chi connectivity index (χ0v) is 30.9. The Morgan fingerprint density at radius 1 is 0.800 bits per heavy atom. The Hall–Kier alpha value is -4.28. The van der Waals surface area contributed by atoms with Crippen LogP contribution in [0.1, 0.15) is 94.4 Å². The van der Waals surface area contributed by atoms with E-state index in [1.165, 1.54) is 17.4 Å². The van der Waals surface area contributed by atoms with E-state index in [0.29, 0.717) is 47.3 Å². The second-order valence-electron chi connectivity index (χ2n) is 12.9. The number of carbonyl (C=O) groups excluding carboxylic acids is 3. The molecule has 3 aromatic rings. The molecule has 1 N–H and O–H groups in total. The molecule has 10 heteroatoms. The largest absolute Gasteiger partial charge is 0.475 e. The van der Waals surface area contributed by atoms with E-state index in [1.54, 1.807) is 23.5 Å². The lowest BCUT2D eigenvalue weighted by molar-refractivity contribution is -0.141. The van der Waals surface area contributed by atoms with Crippen LogP contribution in [0, 0.1) is 11.8 Å². The van der Waals surface area contributed by atoms with Crippen molar-refractivity contribution in [3.63, 3.8) is 0 Å². The Morgan fingerprint density at radius 3 is 1.84 bits per heavy atom. The fourth-order valence-corrected chi connectivity index (χ4v) is 8.59. The molecule has 2 unspecified atom stereocenters. The van der Waals surface area contributed by atoms with E-state index in [-0.39, 0.29) is 18.3 Å². The summed E-state index contributed by atoms with van der Waals surface area (Å²) in [4.78, 5) is 58.0. The van der Waals surface area contributed by atoms with E-state index >= 15 is 0 Å². The van der Waals surface area contributed by atoms with E-state index in [0.717, 1.165) is 77.3 Å². The summed E-state index contributed by atoms with van der Waals surface area (Å²) in [5, 5.41) is 11.3. The first-order chi connectivity index (χ1) is 24.3. The van der Waals surface area contributed by atoms with Crippen LogP contribution in [0.15, 0.2) is 70.8 Å². The molecule has 0 bridgehead atoms. The number of fused-ring (bicyclic) bond motifs is 1. The number of carboxylic acids is 1. The lowest BCUT2D eigenvalue weighted by Crippen LogP contribution is -2.34. The predicted octanol–water partition coefficient (Wildman–Crippen LogP) is 9.31. The van der Waals surface area contributed by atoms with Gasteiger partial charge in [0.25, 0.3) is 18.3 Å². The maximum atomic E-state index is 14.7. The third-order valence-electron chi connectivity index (χ3n) is 9.62. The van der Waals surface area contributed by atoms with E-state index in [4.69, 9.17) is 0 Å². The number of hydrogen-bond acceptors (Lipinski definition) is 7. The van der Waals surface area contributed by atoms with Crippen molar-refractivity contribution in [2.45, 2.75) is 79.1 Å². The molecule has 264 valence electrons. The molecule has 0 saturated heterocycles. The van der Waals surface area contributed by atoms with Gasteiger partial charge in [-0.05, 0) is 65.5 Å². The minimum absolute atomic E-state index is 0.0909. The Kier molecular flexibility index (Phi) is 12.6. The smallest absolute Gasteiger partial charge is 0.371 e. The van der Waals surface area contributed by atoms with Crippen molar-refractivity contribution >= 4 is 64.4 Å². The number of hydrogen-bond donors (Lipinski definition) is 1. The van der Waals surface area contributed by atoms with Crippen LogP contribution < -0.4 is 0 Å². The molecule has 4 heterocycles. The number of ether oxygens (including phenoxy) is 1. The number of aliphatic carboxylic acids is 1. The molecule has 2 aliphatic heterocycles. The summed E-state index contributed by atoms with van der Waals surface area (Å²) in [7, 11) is 0. The molecule has 2 amide bonds. The van der Waals surface area contributed by atoms with E-state index < -0.39 is 11.7 Å². The van der Waals surface area contributed by atoms with E-state index in [2.05, 4.69) is 32.4 Å². The molecule has 8 nitrogen and oxygen atoms in total. The van der Waals surface area contributed by atoms with Crippen LogP contribution in [0.4, 0.5) is 0 Å². The fraction of sp³-hybridized carbons (Fsp3) is 0.400. The van der Waals surface area contributed by atoms with E-state index in [1.807, 2.05) is 51.6 Å². The third-order valence-corrected chi connectivity index (χ3v) is 11.6. The van der Waals surface area contributed by atoms with Gasteiger partial charge in [0.05, 0.1) is 32.3 Å². The van der Waals surface area contributed by atoms with Crippen LogP contribution in [0.2, 0.25) is 0 Å². The maximum absolute atomic E-state index is 14.7. The normalized spacial score (nSPS) is 16.0. The summed E-state index contributed by atoms with van der Waals surface area (Å²) in [6.07, 6.45) is 9.62. The van der Waals surface area contributed by atoms with E-state index in [9.17, 15) is 24.3 Å². The number of benzene rings is 1. The molecular formula is C40H46N2O6S2. The summed E-state index contributed by atoms with van der Waals surface area (Å²) >= 11 is 3.10. The van der Waals surface area contributed by atoms with Crippen LogP contribution in [0.3, 0.4) is 0 Å². The van der Waals surface area contributed by atoms with Gasteiger partial charge in [-0.25, -0.2) is 4.79 Å². The molecule has 0 radical (unpaired) electrons. The lowest BCUT2D eigenvalue weighted by atomic mass is 9.98. The minimum Gasteiger partial charge on any atom is -0.475 e. The first-order valence-corrected chi connectivity index (χ1v) is 19.4. The van der Waals surface area contributed by atoms with Gasteiger partial charge in [0, 0.05) is 18.0 Å². The summed E-state index contributed by atoms with van der Waals surface area (Å²) in [5.74, 6) is -1.34. The quantitative estimate of drug-likeness (QED) is 0.0754. The third kappa shape index (κ3) is 7.87. The highest BCUT2D eigenvalue weighted by Crippen LogP contribution is 2.49. The Labute approximate surface area is 302 Å². The molecule has 2 aliphatic rings. The van der Waals surface area contributed by atoms with Crippen molar-refractivity contribution in [3.05, 3.63) is 86.1 Å². The number of carbonyl (C=O) groups is 4. The lowest BCUT2D eigenvalue weighted by Gasteiger charge is -2.29. The fourth-order valence-electron chi connectivity index (χ4n) is 6.73. The topological polar surface area (TPSA) is 104 Å². The van der Waals surface area contributed by atoms with Crippen LogP contribution in [-0.4, -0.2) is 52.3 Å². The number of nitrogens with zero attached hydrogens (tertiary/aromatic N) is 2. The van der Waals surface area contributed by atoms with Crippen molar-refractivity contribution in [3.8, 4) is 10.4 Å². The van der Waals surface area contributed by atoms with Gasteiger partial charge in [-0.15, -0.1) is 22.7 Å². The van der Waals surface area contributed by atoms with Gasteiger partial charge in [0.1, 0.15) is 0 Å². The van der Waals surface area contributed by atoms with Gasteiger partial charge in [0.15, 0.2) is 0 Å². The van der Waals surface area contributed by atoms with Crippen molar-refractivity contribution in [2.24, 2.45) is 11.8 Å². The molecular weight excluding hydrogens is 669 g/mol. The number of carboxylic acid groups (broad SMARTS) is 1. The van der Waals surface area contributed by atoms with Gasteiger partial charge < -0.3 is 19.6 Å². The molecule has 0 aliphatic carbocycles. The zero-order chi connectivity index (χ0) is 35.8. The van der Waals surface area contributed by atoms with Gasteiger partial charge >= 0.3 is 5.97 Å². The molecule has 2 atom stereocenters. The second-order valence-corrected chi connectivity index (χ2v) is 14.9. The van der Waals surface area contributed by atoms with Crippen LogP contribution in [0.25, 0.3) is 27.9 Å². The summed E-state index contributed by atoms with van der Waals surface area (Å²) in [5.41, 5.74) is 3.97. The van der Waals surface area contributed by atoms with Crippen LogP contribution >= 0.6 is 22.7 Å². The Morgan fingerprint density at radius 2 is 1.36 bits per heavy atom. The second kappa shape index (κ2) is 17.1. The number of thiophene rings is 2. The molecule has 50 heavy (non-hydrogen) atoms. The Balaban J connectivity index is 1.59. The maximum Gasteiger partial charge on any atom is 0.371 e. The highest BCUT2D eigenvalue weighted by Gasteiger charge is 2.49. The van der Waals surface area contributed by atoms with Crippen molar-refractivity contribution in [2.75, 3.05) is 13.1 Å². The SMILES string of the molecule is CCCCC(CC)CN1C(=O)C2=C(c3ccc(-c4ccc(C=C(OC=O)C(=O)O)cc4)s3)N(CC(CC)CCCC)C(=O)C2=C1c1cccs1. The summed E-state index contributed by atoms with van der Waals surface area (Å²) in [6, 6.07) is 15.3. The molecule has 1 aromatic carbocycles. The van der Waals surface area contributed by atoms with Crippen molar-refractivity contribution in [1.82, 2.24) is 9.80 Å². The highest BCUT2D eigenvalue weighted by atomic mass is 32.1.